The molecule has 0 spiro atoms. The maximum atomic E-state index is 13.8. The Morgan fingerprint density at radius 3 is 2.62 bits per heavy atom. The molecule has 0 saturated heterocycles. The number of ether oxygens (including phenoxy) is 2. The van der Waals surface area contributed by atoms with Crippen molar-refractivity contribution in [1.29, 1.82) is 0 Å². The van der Waals surface area contributed by atoms with Crippen LogP contribution in [0.4, 0.5) is 4.39 Å². The molecule has 0 bridgehead atoms. The fourth-order valence-corrected chi connectivity index (χ4v) is 1.59. The summed E-state index contributed by atoms with van der Waals surface area (Å²) in [5.74, 6) is 0.247. The summed E-state index contributed by atoms with van der Waals surface area (Å²) in [5.41, 5.74) is 0.601. The lowest BCUT2D eigenvalue weighted by molar-refractivity contribution is 0.166. The van der Waals surface area contributed by atoms with Gasteiger partial charge in [0.15, 0.2) is 0 Å². The number of nitrogens with one attached hydrogen (secondary N) is 1. The van der Waals surface area contributed by atoms with Crippen LogP contribution in [-0.2, 0) is 4.74 Å². The zero-order chi connectivity index (χ0) is 12.0. The Morgan fingerprint density at radius 1 is 1.38 bits per heavy atom. The van der Waals surface area contributed by atoms with Gasteiger partial charge in [-0.3, -0.25) is 0 Å². The molecule has 0 aliphatic heterocycles. The summed E-state index contributed by atoms with van der Waals surface area (Å²) >= 11 is 0. The monoisotopic (exact) mass is 227 g/mol. The standard InChI is InChI=1S/C12H18FNO2/c1-4-14-12(8-15-2)10-6-5-9(16-3)7-11(10)13/h5-7,12,14H,4,8H2,1-3H3. The van der Waals surface area contributed by atoms with Gasteiger partial charge in [0.1, 0.15) is 11.6 Å². The van der Waals surface area contributed by atoms with Crippen molar-refractivity contribution in [2.45, 2.75) is 13.0 Å². The molecule has 16 heavy (non-hydrogen) atoms. The van der Waals surface area contributed by atoms with Crippen molar-refractivity contribution in [3.63, 3.8) is 0 Å². The molecule has 90 valence electrons. The zero-order valence-electron chi connectivity index (χ0n) is 9.92. The first-order valence-corrected chi connectivity index (χ1v) is 5.28. The molecule has 1 rings (SSSR count). The fraction of sp³-hybridized carbons (Fsp3) is 0.500. The predicted octanol–water partition coefficient (Wildman–Crippen LogP) is 2.13. The van der Waals surface area contributed by atoms with Gasteiger partial charge in [-0.05, 0) is 12.6 Å². The van der Waals surface area contributed by atoms with Crippen LogP contribution >= 0.6 is 0 Å². The minimum atomic E-state index is -0.276. The lowest BCUT2D eigenvalue weighted by Gasteiger charge is -2.18. The van der Waals surface area contributed by atoms with E-state index in [1.807, 2.05) is 6.92 Å². The van der Waals surface area contributed by atoms with Crippen LogP contribution in [0.15, 0.2) is 18.2 Å². The Morgan fingerprint density at radius 2 is 2.12 bits per heavy atom. The topological polar surface area (TPSA) is 30.5 Å². The van der Waals surface area contributed by atoms with Crippen LogP contribution in [0.5, 0.6) is 5.75 Å². The third kappa shape index (κ3) is 3.18. The number of hydrogen-bond acceptors (Lipinski definition) is 3. The molecule has 0 aliphatic rings. The first-order chi connectivity index (χ1) is 7.72. The second-order valence-corrected chi connectivity index (χ2v) is 3.45. The summed E-state index contributed by atoms with van der Waals surface area (Å²) in [6, 6.07) is 4.73. The predicted molar refractivity (Wildman–Crippen MR) is 61.2 cm³/mol. The van der Waals surface area contributed by atoms with Gasteiger partial charge in [-0.25, -0.2) is 4.39 Å². The highest BCUT2D eigenvalue weighted by molar-refractivity contribution is 5.30. The highest BCUT2D eigenvalue weighted by Crippen LogP contribution is 2.22. The lowest BCUT2D eigenvalue weighted by Crippen LogP contribution is -2.25. The Kier molecular flexibility index (Phi) is 5.22. The average molecular weight is 227 g/mol. The van der Waals surface area contributed by atoms with Crippen LogP contribution in [0, 0.1) is 5.82 Å². The maximum absolute atomic E-state index is 13.8. The van der Waals surface area contributed by atoms with E-state index in [0.717, 1.165) is 6.54 Å². The second kappa shape index (κ2) is 6.45. The molecule has 1 N–H and O–H groups in total. The van der Waals surface area contributed by atoms with E-state index in [4.69, 9.17) is 9.47 Å². The SMILES string of the molecule is CCNC(COC)c1ccc(OC)cc1F. The first kappa shape index (κ1) is 12.9. The normalized spacial score (nSPS) is 12.5. The molecule has 1 atom stereocenters. The number of methoxy groups -OCH3 is 2. The van der Waals surface area contributed by atoms with Crippen LogP contribution < -0.4 is 10.1 Å². The molecular weight excluding hydrogens is 209 g/mol. The van der Waals surface area contributed by atoms with E-state index in [-0.39, 0.29) is 11.9 Å². The van der Waals surface area contributed by atoms with Gasteiger partial charge in [0.2, 0.25) is 0 Å². The van der Waals surface area contributed by atoms with Gasteiger partial charge in [0, 0.05) is 18.7 Å². The van der Waals surface area contributed by atoms with Gasteiger partial charge >= 0.3 is 0 Å². The molecule has 0 fully saturated rings. The average Bonchev–Trinajstić information content (AvgIpc) is 2.29. The molecule has 3 nitrogen and oxygen atoms in total. The van der Waals surface area contributed by atoms with Crippen molar-refractivity contribution in [3.8, 4) is 5.75 Å². The summed E-state index contributed by atoms with van der Waals surface area (Å²) in [6.07, 6.45) is 0. The second-order valence-electron chi connectivity index (χ2n) is 3.45. The van der Waals surface area contributed by atoms with Crippen molar-refractivity contribution >= 4 is 0 Å². The summed E-state index contributed by atoms with van der Waals surface area (Å²) in [7, 11) is 3.12. The number of halogens is 1. The van der Waals surface area contributed by atoms with E-state index in [2.05, 4.69) is 5.32 Å². The van der Waals surface area contributed by atoms with E-state index < -0.39 is 0 Å². The highest BCUT2D eigenvalue weighted by Gasteiger charge is 2.15. The summed E-state index contributed by atoms with van der Waals surface area (Å²) < 4.78 is 23.8. The van der Waals surface area contributed by atoms with E-state index in [9.17, 15) is 4.39 Å². The summed E-state index contributed by atoms with van der Waals surface area (Å²) in [5, 5.41) is 3.17. The lowest BCUT2D eigenvalue weighted by atomic mass is 10.1. The molecule has 4 heteroatoms. The molecule has 0 heterocycles. The van der Waals surface area contributed by atoms with Gasteiger partial charge < -0.3 is 14.8 Å². The Hall–Kier alpha value is -1.13. The largest absolute Gasteiger partial charge is 0.497 e. The molecular formula is C12H18FNO2. The molecule has 0 radical (unpaired) electrons. The van der Waals surface area contributed by atoms with E-state index in [0.29, 0.717) is 17.9 Å². The molecule has 1 aromatic carbocycles. The number of hydrogen-bond donors (Lipinski definition) is 1. The number of rotatable bonds is 6. The molecule has 0 saturated carbocycles. The van der Waals surface area contributed by atoms with Gasteiger partial charge in [0.05, 0.1) is 19.8 Å². The van der Waals surface area contributed by atoms with Crippen molar-refractivity contribution < 1.29 is 13.9 Å². The fourth-order valence-electron chi connectivity index (χ4n) is 1.59. The third-order valence-corrected chi connectivity index (χ3v) is 2.37. The van der Waals surface area contributed by atoms with Crippen molar-refractivity contribution in [1.82, 2.24) is 5.32 Å². The Bertz CT molecular complexity index is 325. The van der Waals surface area contributed by atoms with Gasteiger partial charge in [-0.15, -0.1) is 0 Å². The smallest absolute Gasteiger partial charge is 0.131 e. The quantitative estimate of drug-likeness (QED) is 0.807. The van der Waals surface area contributed by atoms with Gasteiger partial charge in [-0.2, -0.15) is 0 Å². The molecule has 0 aliphatic carbocycles. The Labute approximate surface area is 95.6 Å². The maximum Gasteiger partial charge on any atom is 0.131 e. The van der Waals surface area contributed by atoms with Crippen LogP contribution in [0.1, 0.15) is 18.5 Å². The Balaban J connectivity index is 2.90. The minimum Gasteiger partial charge on any atom is -0.497 e. The van der Waals surface area contributed by atoms with Crippen LogP contribution in [-0.4, -0.2) is 27.4 Å². The van der Waals surface area contributed by atoms with Gasteiger partial charge in [0.25, 0.3) is 0 Å². The summed E-state index contributed by atoms with van der Waals surface area (Å²) in [4.78, 5) is 0. The van der Waals surface area contributed by atoms with Crippen LogP contribution in [0.3, 0.4) is 0 Å². The van der Waals surface area contributed by atoms with E-state index in [1.54, 1.807) is 19.2 Å². The molecule has 0 amide bonds. The molecule has 0 aromatic heterocycles. The van der Waals surface area contributed by atoms with Gasteiger partial charge in [-0.1, -0.05) is 13.0 Å². The minimum absolute atomic E-state index is 0.124. The van der Waals surface area contributed by atoms with Crippen molar-refractivity contribution in [2.75, 3.05) is 27.4 Å². The molecule has 1 aromatic rings. The molecule has 1 unspecified atom stereocenters. The number of benzene rings is 1. The van der Waals surface area contributed by atoms with Crippen LogP contribution in [0.2, 0.25) is 0 Å². The highest BCUT2D eigenvalue weighted by atomic mass is 19.1. The third-order valence-electron chi connectivity index (χ3n) is 2.37. The first-order valence-electron chi connectivity index (χ1n) is 5.28. The van der Waals surface area contributed by atoms with E-state index in [1.165, 1.54) is 13.2 Å². The van der Waals surface area contributed by atoms with Crippen LogP contribution in [0.25, 0.3) is 0 Å². The zero-order valence-corrected chi connectivity index (χ0v) is 9.92. The number of likely N-dealkylation sites (N-methyl/N-ethyl adjacent to an activating group) is 1. The van der Waals surface area contributed by atoms with Crippen molar-refractivity contribution in [3.05, 3.63) is 29.6 Å². The summed E-state index contributed by atoms with van der Waals surface area (Å²) in [6.45, 7) is 3.18. The van der Waals surface area contributed by atoms with Crippen molar-refractivity contribution in [2.24, 2.45) is 0 Å². The van der Waals surface area contributed by atoms with E-state index >= 15 is 0 Å².